The highest BCUT2D eigenvalue weighted by molar-refractivity contribution is 5.85. The van der Waals surface area contributed by atoms with Gasteiger partial charge < -0.3 is 10.2 Å². The van der Waals surface area contributed by atoms with Gasteiger partial charge in [0.1, 0.15) is 0 Å². The normalized spacial score (nSPS) is 11.5. The van der Waals surface area contributed by atoms with Gasteiger partial charge >= 0.3 is 0 Å². The van der Waals surface area contributed by atoms with Crippen LogP contribution in [0.5, 0.6) is 0 Å². The SMILES string of the molecule is CCCCN(CC)C(=O)C(C)(C)NCC. The average molecular weight is 214 g/mol. The summed E-state index contributed by atoms with van der Waals surface area (Å²) in [5, 5.41) is 3.22. The molecule has 0 aliphatic rings. The van der Waals surface area contributed by atoms with E-state index in [0.29, 0.717) is 0 Å². The Bertz CT molecular complexity index is 190. The van der Waals surface area contributed by atoms with E-state index in [1.54, 1.807) is 0 Å². The number of carbonyl (C=O) groups excluding carboxylic acids is 1. The molecule has 0 aliphatic heterocycles. The van der Waals surface area contributed by atoms with Crippen LogP contribution in [-0.4, -0.2) is 36.0 Å². The number of amides is 1. The second kappa shape index (κ2) is 6.83. The van der Waals surface area contributed by atoms with Gasteiger partial charge in [-0.1, -0.05) is 20.3 Å². The van der Waals surface area contributed by atoms with E-state index in [4.69, 9.17) is 0 Å². The van der Waals surface area contributed by atoms with Gasteiger partial charge in [-0.05, 0) is 33.7 Å². The minimum Gasteiger partial charge on any atom is -0.341 e. The Morgan fingerprint density at radius 2 is 1.87 bits per heavy atom. The number of hydrogen-bond donors (Lipinski definition) is 1. The minimum absolute atomic E-state index is 0.209. The zero-order valence-electron chi connectivity index (χ0n) is 10.9. The molecule has 3 heteroatoms. The van der Waals surface area contributed by atoms with Gasteiger partial charge in [0.15, 0.2) is 0 Å². The van der Waals surface area contributed by atoms with E-state index in [2.05, 4.69) is 12.2 Å². The second-order valence-electron chi connectivity index (χ2n) is 4.39. The van der Waals surface area contributed by atoms with E-state index in [1.807, 2.05) is 32.6 Å². The molecule has 90 valence electrons. The summed E-state index contributed by atoms with van der Waals surface area (Å²) in [5.41, 5.74) is -0.432. The Labute approximate surface area is 94.2 Å². The Balaban J connectivity index is 4.35. The molecule has 0 aromatic carbocycles. The zero-order chi connectivity index (χ0) is 11.9. The lowest BCUT2D eigenvalue weighted by Gasteiger charge is -2.31. The highest BCUT2D eigenvalue weighted by atomic mass is 16.2. The van der Waals surface area contributed by atoms with Crippen molar-refractivity contribution in [1.29, 1.82) is 0 Å². The van der Waals surface area contributed by atoms with Crippen LogP contribution in [0.15, 0.2) is 0 Å². The summed E-state index contributed by atoms with van der Waals surface area (Å²) in [5.74, 6) is 0.209. The number of likely N-dealkylation sites (N-methyl/N-ethyl adjacent to an activating group) is 2. The van der Waals surface area contributed by atoms with E-state index in [-0.39, 0.29) is 5.91 Å². The van der Waals surface area contributed by atoms with Crippen LogP contribution in [0.25, 0.3) is 0 Å². The summed E-state index contributed by atoms with van der Waals surface area (Å²) < 4.78 is 0. The summed E-state index contributed by atoms with van der Waals surface area (Å²) in [4.78, 5) is 14.1. The number of hydrogen-bond acceptors (Lipinski definition) is 2. The van der Waals surface area contributed by atoms with Crippen molar-refractivity contribution in [1.82, 2.24) is 10.2 Å². The van der Waals surface area contributed by atoms with Crippen molar-refractivity contribution in [3.05, 3.63) is 0 Å². The maximum absolute atomic E-state index is 12.2. The molecule has 0 aliphatic carbocycles. The lowest BCUT2D eigenvalue weighted by Crippen LogP contribution is -2.54. The number of unbranched alkanes of at least 4 members (excludes halogenated alkanes) is 1. The van der Waals surface area contributed by atoms with Crippen molar-refractivity contribution in [3.63, 3.8) is 0 Å². The Kier molecular flexibility index (Phi) is 6.57. The second-order valence-corrected chi connectivity index (χ2v) is 4.39. The number of nitrogens with one attached hydrogen (secondary N) is 1. The molecule has 15 heavy (non-hydrogen) atoms. The molecule has 0 rings (SSSR count). The van der Waals surface area contributed by atoms with Crippen LogP contribution in [0.3, 0.4) is 0 Å². The van der Waals surface area contributed by atoms with Crippen LogP contribution < -0.4 is 5.32 Å². The molecule has 1 amide bonds. The van der Waals surface area contributed by atoms with Crippen LogP contribution >= 0.6 is 0 Å². The summed E-state index contributed by atoms with van der Waals surface area (Å²) >= 11 is 0. The summed E-state index contributed by atoms with van der Waals surface area (Å²) in [6.07, 6.45) is 2.22. The van der Waals surface area contributed by atoms with Gasteiger partial charge in [-0.15, -0.1) is 0 Å². The largest absolute Gasteiger partial charge is 0.341 e. The zero-order valence-corrected chi connectivity index (χ0v) is 10.9. The van der Waals surface area contributed by atoms with Gasteiger partial charge in [0.05, 0.1) is 5.54 Å². The van der Waals surface area contributed by atoms with Gasteiger partial charge in [0.25, 0.3) is 0 Å². The first-order valence-corrected chi connectivity index (χ1v) is 6.04. The fourth-order valence-corrected chi connectivity index (χ4v) is 1.67. The fraction of sp³-hybridized carbons (Fsp3) is 0.917. The molecular formula is C12H26N2O. The molecule has 0 saturated heterocycles. The molecule has 0 radical (unpaired) electrons. The fourth-order valence-electron chi connectivity index (χ4n) is 1.67. The van der Waals surface area contributed by atoms with E-state index in [9.17, 15) is 4.79 Å². The lowest BCUT2D eigenvalue weighted by atomic mass is 10.0. The molecular weight excluding hydrogens is 188 g/mol. The van der Waals surface area contributed by atoms with E-state index in [0.717, 1.165) is 32.5 Å². The van der Waals surface area contributed by atoms with Gasteiger partial charge in [-0.3, -0.25) is 4.79 Å². The molecule has 3 nitrogen and oxygen atoms in total. The van der Waals surface area contributed by atoms with Crippen LogP contribution in [0.1, 0.15) is 47.5 Å². The van der Waals surface area contributed by atoms with Crippen LogP contribution in [0.4, 0.5) is 0 Å². The van der Waals surface area contributed by atoms with Crippen molar-refractivity contribution in [2.45, 2.75) is 53.0 Å². The molecule has 0 aromatic heterocycles. The quantitative estimate of drug-likeness (QED) is 0.703. The Morgan fingerprint density at radius 1 is 1.27 bits per heavy atom. The smallest absolute Gasteiger partial charge is 0.242 e. The van der Waals surface area contributed by atoms with Crippen molar-refractivity contribution < 1.29 is 4.79 Å². The molecule has 0 spiro atoms. The van der Waals surface area contributed by atoms with Crippen molar-refractivity contribution in [2.75, 3.05) is 19.6 Å². The van der Waals surface area contributed by atoms with E-state index >= 15 is 0 Å². The Hall–Kier alpha value is -0.570. The van der Waals surface area contributed by atoms with E-state index in [1.165, 1.54) is 0 Å². The standard InChI is InChI=1S/C12H26N2O/c1-6-9-10-14(8-3)11(15)12(4,5)13-7-2/h13H,6-10H2,1-5H3. The summed E-state index contributed by atoms with van der Waals surface area (Å²) in [7, 11) is 0. The molecule has 0 atom stereocenters. The van der Waals surface area contributed by atoms with Gasteiger partial charge in [-0.2, -0.15) is 0 Å². The highest BCUT2D eigenvalue weighted by Crippen LogP contribution is 2.08. The third kappa shape index (κ3) is 4.65. The molecule has 1 N–H and O–H groups in total. The van der Waals surface area contributed by atoms with Crippen LogP contribution in [0.2, 0.25) is 0 Å². The van der Waals surface area contributed by atoms with Gasteiger partial charge in [0.2, 0.25) is 5.91 Å². The minimum atomic E-state index is -0.432. The molecule has 0 heterocycles. The average Bonchev–Trinajstić information content (AvgIpc) is 2.18. The molecule has 0 bridgehead atoms. The predicted molar refractivity (Wildman–Crippen MR) is 64.9 cm³/mol. The number of rotatable bonds is 7. The van der Waals surface area contributed by atoms with Gasteiger partial charge in [0, 0.05) is 13.1 Å². The van der Waals surface area contributed by atoms with E-state index < -0.39 is 5.54 Å². The monoisotopic (exact) mass is 214 g/mol. The molecule has 0 unspecified atom stereocenters. The maximum Gasteiger partial charge on any atom is 0.242 e. The van der Waals surface area contributed by atoms with Gasteiger partial charge in [-0.25, -0.2) is 0 Å². The van der Waals surface area contributed by atoms with Crippen molar-refractivity contribution in [3.8, 4) is 0 Å². The first-order valence-electron chi connectivity index (χ1n) is 6.04. The van der Waals surface area contributed by atoms with Crippen LogP contribution in [0, 0.1) is 0 Å². The predicted octanol–water partition coefficient (Wildman–Crippen LogP) is 2.02. The summed E-state index contributed by atoms with van der Waals surface area (Å²) in [6, 6.07) is 0. The number of nitrogens with zero attached hydrogens (tertiary/aromatic N) is 1. The first-order chi connectivity index (χ1) is 6.99. The maximum atomic E-state index is 12.2. The molecule has 0 saturated carbocycles. The number of carbonyl (C=O) groups is 1. The Morgan fingerprint density at radius 3 is 2.27 bits per heavy atom. The van der Waals surface area contributed by atoms with Crippen molar-refractivity contribution >= 4 is 5.91 Å². The third-order valence-corrected chi connectivity index (χ3v) is 2.60. The lowest BCUT2D eigenvalue weighted by molar-refractivity contribution is -0.137. The molecule has 0 fully saturated rings. The third-order valence-electron chi connectivity index (χ3n) is 2.60. The van der Waals surface area contributed by atoms with Crippen molar-refractivity contribution in [2.24, 2.45) is 0 Å². The first kappa shape index (κ1) is 14.4. The summed E-state index contributed by atoms with van der Waals surface area (Å²) in [6.45, 7) is 12.6. The topological polar surface area (TPSA) is 32.3 Å². The van der Waals surface area contributed by atoms with Crippen LogP contribution in [-0.2, 0) is 4.79 Å². The molecule has 0 aromatic rings. The highest BCUT2D eigenvalue weighted by Gasteiger charge is 2.29.